The summed E-state index contributed by atoms with van der Waals surface area (Å²) in [7, 11) is 0. The van der Waals surface area contributed by atoms with Crippen LogP contribution < -0.4 is 0 Å². The number of hydrogen-bond acceptors (Lipinski definition) is 6. The summed E-state index contributed by atoms with van der Waals surface area (Å²) in [6.07, 6.45) is 5.69. The summed E-state index contributed by atoms with van der Waals surface area (Å²) in [4.78, 5) is 26.7. The van der Waals surface area contributed by atoms with Crippen LogP contribution in [-0.4, -0.2) is 61.0 Å². The number of nitrogens with zero attached hydrogens (tertiary/aromatic N) is 6. The lowest BCUT2D eigenvalue weighted by Crippen LogP contribution is -2.47. The highest BCUT2D eigenvalue weighted by Gasteiger charge is 2.38. The minimum Gasteiger partial charge on any atom is -0.334 e. The van der Waals surface area contributed by atoms with Crippen molar-refractivity contribution in [1.82, 2.24) is 29.4 Å². The van der Waals surface area contributed by atoms with Crippen molar-refractivity contribution in [2.24, 2.45) is 5.92 Å². The molecule has 3 aliphatic rings. The molecular weight excluding hydrogens is 360 g/mol. The van der Waals surface area contributed by atoms with Gasteiger partial charge in [0.05, 0.1) is 28.7 Å². The second-order valence-corrected chi connectivity index (χ2v) is 8.31. The normalized spacial score (nSPS) is 23.1. The Morgan fingerprint density at radius 2 is 2.19 bits per heavy atom. The largest absolute Gasteiger partial charge is 0.334 e. The summed E-state index contributed by atoms with van der Waals surface area (Å²) in [6.45, 7) is 5.59. The summed E-state index contributed by atoms with van der Waals surface area (Å²) in [5.41, 5.74) is 5.30. The van der Waals surface area contributed by atoms with Crippen molar-refractivity contribution in [2.45, 2.75) is 32.4 Å². The van der Waals surface area contributed by atoms with Gasteiger partial charge in [-0.2, -0.15) is 5.10 Å². The van der Waals surface area contributed by atoms with Crippen LogP contribution in [0.15, 0.2) is 29.4 Å². The van der Waals surface area contributed by atoms with E-state index in [0.29, 0.717) is 11.5 Å². The molecule has 140 valence electrons. The van der Waals surface area contributed by atoms with Gasteiger partial charge in [-0.25, -0.2) is 14.5 Å². The van der Waals surface area contributed by atoms with Crippen molar-refractivity contribution >= 4 is 22.9 Å². The molecule has 0 unspecified atom stereocenters. The number of rotatable bonds is 3. The Bertz CT molecular complexity index is 968. The van der Waals surface area contributed by atoms with E-state index in [1.165, 1.54) is 6.42 Å². The number of hydrogen-bond donors (Lipinski definition) is 0. The lowest BCUT2D eigenvalue weighted by atomic mass is 9.94. The van der Waals surface area contributed by atoms with Crippen molar-refractivity contribution in [2.75, 3.05) is 19.6 Å². The summed E-state index contributed by atoms with van der Waals surface area (Å²) in [5, 5.41) is 6.41. The molecule has 0 saturated carbocycles. The van der Waals surface area contributed by atoms with Gasteiger partial charge in [0.1, 0.15) is 0 Å². The highest BCUT2D eigenvalue weighted by atomic mass is 32.1. The van der Waals surface area contributed by atoms with Crippen LogP contribution in [0.5, 0.6) is 0 Å². The Hall–Kier alpha value is -2.32. The molecule has 2 atom stereocenters. The third-order valence-corrected chi connectivity index (χ3v) is 6.44. The number of aromatic nitrogens is 4. The molecule has 0 aliphatic carbocycles. The van der Waals surface area contributed by atoms with Crippen LogP contribution in [-0.2, 0) is 6.54 Å². The predicted molar refractivity (Wildman–Crippen MR) is 103 cm³/mol. The van der Waals surface area contributed by atoms with Gasteiger partial charge in [-0.3, -0.25) is 9.69 Å². The molecule has 7 nitrogen and oxygen atoms in total. The minimum absolute atomic E-state index is 0.0857. The van der Waals surface area contributed by atoms with E-state index in [1.807, 2.05) is 18.5 Å². The standard InChI is InChI=1S/C19H22N6OS/c1-13-17(6-20-18-4-5-22-25(13)18)19(26)24-8-14-2-3-16(24)10-23(7-14)9-15-11-27-12-21-15/h4-6,11-12,14,16H,2-3,7-10H2,1H3/t14-,16+/m1/s1. The van der Waals surface area contributed by atoms with Crippen molar-refractivity contribution in [3.05, 3.63) is 46.3 Å². The Balaban J connectivity index is 1.40. The van der Waals surface area contributed by atoms with Crippen molar-refractivity contribution in [3.63, 3.8) is 0 Å². The zero-order chi connectivity index (χ0) is 18.4. The number of thiazole rings is 1. The lowest BCUT2D eigenvalue weighted by molar-refractivity contribution is 0.0583. The smallest absolute Gasteiger partial charge is 0.257 e. The fraction of sp³-hybridized carbons (Fsp3) is 0.474. The first-order valence-corrected chi connectivity index (χ1v) is 10.3. The molecule has 2 bridgehead atoms. The summed E-state index contributed by atoms with van der Waals surface area (Å²) in [5.74, 6) is 0.607. The molecule has 0 radical (unpaired) electrons. The lowest BCUT2D eigenvalue weighted by Gasteiger charge is -2.36. The highest BCUT2D eigenvalue weighted by Crippen LogP contribution is 2.30. The van der Waals surface area contributed by atoms with E-state index in [4.69, 9.17) is 0 Å². The van der Waals surface area contributed by atoms with Crippen LogP contribution in [0, 0.1) is 12.8 Å². The Kier molecular flexibility index (Phi) is 4.17. The first kappa shape index (κ1) is 16.8. The maximum absolute atomic E-state index is 13.4. The maximum Gasteiger partial charge on any atom is 0.257 e. The minimum atomic E-state index is 0.0857. The van der Waals surface area contributed by atoms with E-state index in [9.17, 15) is 4.79 Å². The highest BCUT2D eigenvalue weighted by molar-refractivity contribution is 7.07. The maximum atomic E-state index is 13.4. The van der Waals surface area contributed by atoms with Crippen LogP contribution in [0.3, 0.4) is 0 Å². The quantitative estimate of drug-likeness (QED) is 0.695. The zero-order valence-corrected chi connectivity index (χ0v) is 16.1. The monoisotopic (exact) mass is 382 g/mol. The average Bonchev–Trinajstić information content (AvgIpc) is 3.28. The molecule has 1 amide bonds. The molecule has 6 heterocycles. The van der Waals surface area contributed by atoms with Crippen molar-refractivity contribution in [1.29, 1.82) is 0 Å². The molecular formula is C19H22N6OS. The number of amides is 1. The van der Waals surface area contributed by atoms with Gasteiger partial charge in [-0.05, 0) is 25.7 Å². The summed E-state index contributed by atoms with van der Waals surface area (Å²) >= 11 is 1.64. The van der Waals surface area contributed by atoms with Crippen LogP contribution in [0.4, 0.5) is 0 Å². The van der Waals surface area contributed by atoms with Gasteiger partial charge in [0.2, 0.25) is 0 Å². The molecule has 3 aliphatic heterocycles. The van der Waals surface area contributed by atoms with E-state index >= 15 is 0 Å². The molecule has 8 heteroatoms. The van der Waals surface area contributed by atoms with Crippen LogP contribution in [0.25, 0.3) is 5.65 Å². The molecule has 0 aromatic carbocycles. The van der Waals surface area contributed by atoms with E-state index in [2.05, 4.69) is 30.2 Å². The van der Waals surface area contributed by atoms with Gasteiger partial charge in [0.15, 0.2) is 5.65 Å². The molecule has 27 heavy (non-hydrogen) atoms. The van der Waals surface area contributed by atoms with Gasteiger partial charge < -0.3 is 4.90 Å². The third kappa shape index (κ3) is 3.02. The number of piperidine rings is 1. The second kappa shape index (κ2) is 6.69. The molecule has 0 N–H and O–H groups in total. The molecule has 3 aromatic heterocycles. The third-order valence-electron chi connectivity index (χ3n) is 5.81. The Morgan fingerprint density at radius 1 is 1.26 bits per heavy atom. The molecule has 6 rings (SSSR count). The molecule has 3 saturated heterocycles. The van der Waals surface area contributed by atoms with Crippen molar-refractivity contribution < 1.29 is 4.79 Å². The fourth-order valence-corrected chi connectivity index (χ4v) is 5.01. The van der Waals surface area contributed by atoms with Crippen LogP contribution in [0.2, 0.25) is 0 Å². The SMILES string of the molecule is Cc1c(C(=O)N2C[C@@H]3CC[C@H]2CN(Cc2cscn2)C3)cnc2ccnn12. The number of aryl methyl sites for hydroxylation is 1. The number of carbonyl (C=O) groups is 1. The van der Waals surface area contributed by atoms with E-state index in [1.54, 1.807) is 28.2 Å². The van der Waals surface area contributed by atoms with Gasteiger partial charge in [0.25, 0.3) is 5.91 Å². The first-order chi connectivity index (χ1) is 13.2. The van der Waals surface area contributed by atoms with Crippen LogP contribution in [0.1, 0.15) is 34.6 Å². The van der Waals surface area contributed by atoms with Crippen molar-refractivity contribution in [3.8, 4) is 0 Å². The van der Waals surface area contributed by atoms with Gasteiger partial charge in [0, 0.05) is 49.9 Å². The predicted octanol–water partition coefficient (Wildman–Crippen LogP) is 2.23. The number of fused-ring (bicyclic) bond motifs is 5. The van der Waals surface area contributed by atoms with Gasteiger partial charge in [-0.15, -0.1) is 11.3 Å². The zero-order valence-electron chi connectivity index (χ0n) is 15.3. The first-order valence-electron chi connectivity index (χ1n) is 9.39. The fourth-order valence-electron chi connectivity index (χ4n) is 4.46. The average molecular weight is 382 g/mol. The number of carbonyl (C=O) groups excluding carboxylic acids is 1. The van der Waals surface area contributed by atoms with Gasteiger partial charge >= 0.3 is 0 Å². The molecule has 3 aromatic rings. The summed E-state index contributed by atoms with van der Waals surface area (Å²) in [6, 6.07) is 2.11. The molecule has 3 fully saturated rings. The summed E-state index contributed by atoms with van der Waals surface area (Å²) < 4.78 is 1.75. The topological polar surface area (TPSA) is 66.6 Å². The second-order valence-electron chi connectivity index (χ2n) is 7.59. The van der Waals surface area contributed by atoms with Gasteiger partial charge in [-0.1, -0.05) is 0 Å². The van der Waals surface area contributed by atoms with E-state index in [-0.39, 0.29) is 11.9 Å². The van der Waals surface area contributed by atoms with Crippen LogP contribution >= 0.6 is 11.3 Å². The Labute approximate surface area is 161 Å². The van der Waals surface area contributed by atoms with E-state index in [0.717, 1.165) is 49.6 Å². The van der Waals surface area contributed by atoms with E-state index < -0.39 is 0 Å². The molecule has 0 spiro atoms. The Morgan fingerprint density at radius 3 is 3.04 bits per heavy atom.